The normalized spacial score (nSPS) is 9.75. The first-order valence-electron chi connectivity index (χ1n) is 7.20. The number of hydrogen-bond donors (Lipinski definition) is 0. The van der Waals surface area contributed by atoms with Crippen LogP contribution in [0.3, 0.4) is 0 Å². The first-order valence-corrected chi connectivity index (χ1v) is 12.3. The minimum absolute atomic E-state index is 0. The second-order valence-corrected chi connectivity index (χ2v) is 9.34. The van der Waals surface area contributed by atoms with Crippen LogP contribution in [0.5, 0.6) is 0 Å². The molecule has 0 saturated heterocycles. The Bertz CT molecular complexity index is 666. The van der Waals surface area contributed by atoms with Gasteiger partial charge in [-0.05, 0) is 49.9 Å². The van der Waals surface area contributed by atoms with Gasteiger partial charge in [0.05, 0.1) is 18.2 Å². The summed E-state index contributed by atoms with van der Waals surface area (Å²) in [5, 5.41) is 1.01. The van der Waals surface area contributed by atoms with Crippen molar-refractivity contribution in [1.29, 1.82) is 0 Å². The van der Waals surface area contributed by atoms with Crippen molar-refractivity contribution in [3.05, 3.63) is 45.9 Å². The van der Waals surface area contributed by atoms with E-state index < -0.39 is 17.9 Å². The fourth-order valence-corrected chi connectivity index (χ4v) is 6.01. The molecule has 0 aromatic heterocycles. The van der Waals surface area contributed by atoms with E-state index in [0.29, 0.717) is 4.90 Å². The smallest absolute Gasteiger partial charge is 0.111 e. The first-order chi connectivity index (χ1) is 10.6. The van der Waals surface area contributed by atoms with Crippen molar-refractivity contribution >= 4 is 32.5 Å². The summed E-state index contributed by atoms with van der Waals surface area (Å²) < 4.78 is 28.0. The summed E-state index contributed by atoms with van der Waals surface area (Å²) in [5.41, 5.74) is 6.47. The van der Waals surface area contributed by atoms with E-state index in [4.69, 9.17) is 0 Å². The Morgan fingerprint density at radius 3 is 1.58 bits per heavy atom. The predicted octanol–water partition coefficient (Wildman–Crippen LogP) is 4.16. The molecule has 0 aliphatic heterocycles. The standard InChI is InChI=1S/C13H21NO2PS.C3H4.CH5P.Ni/c1-8-9(2)11(4)13(18(15,16)14-5)12(10(8)3)17(6)7;1-3-2;1-2;/h1-7H3;1-2H2;2H2,1H3;/q-1;;;/p+1. The topological polar surface area (TPSA) is 48.2 Å². The second-order valence-electron chi connectivity index (χ2n) is 5.11. The van der Waals surface area contributed by atoms with Gasteiger partial charge in [-0.2, -0.15) is 7.05 Å². The largest absolute Gasteiger partial charge is 0.547 e. The fraction of sp³-hybridized carbons (Fsp3) is 0.471. The van der Waals surface area contributed by atoms with Crippen molar-refractivity contribution in [1.82, 2.24) is 0 Å². The molecule has 1 rings (SSSR count). The van der Waals surface area contributed by atoms with Crippen LogP contribution in [-0.4, -0.2) is 35.5 Å². The van der Waals surface area contributed by atoms with Crippen LogP contribution in [0, 0.1) is 27.7 Å². The summed E-state index contributed by atoms with van der Waals surface area (Å²) in [5.74, 6) is 0. The van der Waals surface area contributed by atoms with Gasteiger partial charge in [-0.15, -0.1) is 15.0 Å². The molecule has 0 aliphatic carbocycles. The molecule has 0 aliphatic rings. The van der Waals surface area contributed by atoms with E-state index in [1.807, 2.05) is 27.4 Å². The van der Waals surface area contributed by atoms with Gasteiger partial charge in [0.25, 0.3) is 0 Å². The van der Waals surface area contributed by atoms with Crippen molar-refractivity contribution < 1.29 is 24.9 Å². The van der Waals surface area contributed by atoms with Crippen LogP contribution in [0.4, 0.5) is 0 Å². The van der Waals surface area contributed by atoms with Gasteiger partial charge in [-0.25, -0.2) is 8.42 Å². The van der Waals surface area contributed by atoms with Crippen LogP contribution in [0.1, 0.15) is 22.3 Å². The average Bonchev–Trinajstić information content (AvgIpc) is 2.50. The zero-order valence-electron chi connectivity index (χ0n) is 16.0. The Morgan fingerprint density at radius 1 is 0.958 bits per heavy atom. The number of rotatable bonds is 3. The summed E-state index contributed by atoms with van der Waals surface area (Å²) in [6.45, 7) is 20.3. The van der Waals surface area contributed by atoms with E-state index in [1.54, 1.807) is 0 Å². The molecular weight excluding hydrogens is 403 g/mol. The second kappa shape index (κ2) is 13.2. The molecule has 7 heteroatoms. The number of hydrogen-bond acceptors (Lipinski definition) is 2. The van der Waals surface area contributed by atoms with Crippen LogP contribution in [0.15, 0.2) is 23.8 Å². The number of benzene rings is 1. The van der Waals surface area contributed by atoms with Gasteiger partial charge < -0.3 is 4.72 Å². The third kappa shape index (κ3) is 7.09. The monoisotopic (exact) mass is 433 g/mol. The molecule has 3 nitrogen and oxygen atoms in total. The fourth-order valence-electron chi connectivity index (χ4n) is 2.29. The number of nitrogens with zero attached hydrogens (tertiary/aromatic N) is 1. The molecule has 1 aromatic carbocycles. The Labute approximate surface area is 162 Å². The van der Waals surface area contributed by atoms with Gasteiger partial charge in [0.15, 0.2) is 0 Å². The summed E-state index contributed by atoms with van der Waals surface area (Å²) >= 11 is 0. The molecular formula is C17H31NNiO2P2S. The molecule has 0 bridgehead atoms. The van der Waals surface area contributed by atoms with E-state index in [-0.39, 0.29) is 16.5 Å². The van der Waals surface area contributed by atoms with Crippen molar-refractivity contribution in [3.63, 3.8) is 0 Å². The van der Waals surface area contributed by atoms with Gasteiger partial charge in [-0.3, -0.25) is 0 Å². The molecule has 24 heavy (non-hydrogen) atoms. The zero-order valence-corrected chi connectivity index (χ0v) is 19.9. The molecule has 1 aromatic rings. The van der Waals surface area contributed by atoms with Crippen LogP contribution in [0.2, 0.25) is 0 Å². The summed E-state index contributed by atoms with van der Waals surface area (Å²) in [6, 6.07) is 0. The predicted molar refractivity (Wildman–Crippen MR) is 112 cm³/mol. The molecule has 0 saturated carbocycles. The van der Waals surface area contributed by atoms with Crippen LogP contribution in [-0.2, 0) is 26.5 Å². The molecule has 142 valence electrons. The quantitative estimate of drug-likeness (QED) is 0.408. The van der Waals surface area contributed by atoms with Gasteiger partial charge in [0, 0.05) is 24.4 Å². The van der Waals surface area contributed by atoms with Gasteiger partial charge in [0.1, 0.15) is 15.3 Å². The Morgan fingerprint density at radius 2 is 1.29 bits per heavy atom. The van der Waals surface area contributed by atoms with Gasteiger partial charge >= 0.3 is 0 Å². The maximum absolute atomic E-state index is 12.2. The summed E-state index contributed by atoms with van der Waals surface area (Å²) in [6.07, 6.45) is 0. The van der Waals surface area contributed by atoms with E-state index in [1.165, 1.54) is 12.6 Å². The molecule has 0 heterocycles. The van der Waals surface area contributed by atoms with E-state index >= 15 is 0 Å². The average molecular weight is 434 g/mol. The van der Waals surface area contributed by atoms with Gasteiger partial charge in [0.2, 0.25) is 0 Å². The number of sulfonamides is 1. The molecule has 1 unspecified atom stereocenters. The molecule has 0 fully saturated rings. The Hall–Kier alpha value is 0.00351. The van der Waals surface area contributed by atoms with Crippen LogP contribution >= 0.6 is 17.2 Å². The van der Waals surface area contributed by atoms with E-state index in [0.717, 1.165) is 22.0 Å². The summed E-state index contributed by atoms with van der Waals surface area (Å²) in [7, 11) is -0.615. The third-order valence-electron chi connectivity index (χ3n) is 3.63. The van der Waals surface area contributed by atoms with Crippen molar-refractivity contribution in [3.8, 4) is 0 Å². The van der Waals surface area contributed by atoms with Crippen molar-refractivity contribution in [2.24, 2.45) is 0 Å². The van der Waals surface area contributed by atoms with E-state index in [2.05, 4.69) is 53.1 Å². The van der Waals surface area contributed by atoms with Crippen LogP contribution < -0.4 is 5.30 Å². The molecule has 0 amide bonds. The molecule has 0 N–H and O–H groups in total. The SMILES string of the molecule is C=C=C.CP.C[N-]S(=O)(=O)c1c(C)c(C)c(C)c(C)c1[PH+](C)C.[Ni]. The third-order valence-corrected chi connectivity index (χ3v) is 6.94. The first kappa shape index (κ1) is 28.8. The van der Waals surface area contributed by atoms with Crippen molar-refractivity contribution in [2.75, 3.05) is 27.0 Å². The van der Waals surface area contributed by atoms with Crippen molar-refractivity contribution in [2.45, 2.75) is 32.6 Å². The van der Waals surface area contributed by atoms with Crippen LogP contribution in [0.25, 0.3) is 4.72 Å². The zero-order chi connectivity index (χ0) is 19.0. The minimum atomic E-state index is -3.52. The minimum Gasteiger partial charge on any atom is -0.547 e. The maximum Gasteiger partial charge on any atom is 0.111 e. The summed E-state index contributed by atoms with van der Waals surface area (Å²) in [4.78, 5) is 0.449. The molecule has 0 spiro atoms. The Balaban J connectivity index is -0.000000660. The van der Waals surface area contributed by atoms with Gasteiger partial charge in [-0.1, -0.05) is 19.8 Å². The van der Waals surface area contributed by atoms with E-state index in [9.17, 15) is 8.42 Å². The molecule has 0 radical (unpaired) electrons. The Kier molecular flexibility index (Phi) is 15.9. The molecule has 1 atom stereocenters. The maximum atomic E-state index is 12.2.